The van der Waals surface area contributed by atoms with Crippen molar-refractivity contribution in [3.8, 4) is 0 Å². The maximum atomic E-state index is 13.3. The summed E-state index contributed by atoms with van der Waals surface area (Å²) in [6.45, 7) is 4.07. The fourth-order valence-corrected chi connectivity index (χ4v) is 4.08. The molecule has 1 aliphatic rings. The molecule has 0 aliphatic carbocycles. The fraction of sp³-hybridized carbons (Fsp3) is 0.333. The van der Waals surface area contributed by atoms with E-state index in [2.05, 4.69) is 10.5 Å². The van der Waals surface area contributed by atoms with E-state index in [1.807, 2.05) is 24.0 Å². The summed E-state index contributed by atoms with van der Waals surface area (Å²) in [5.41, 5.74) is 2.45. The third kappa shape index (κ3) is 6.56. The van der Waals surface area contributed by atoms with Crippen molar-refractivity contribution in [2.75, 3.05) is 19.6 Å². The summed E-state index contributed by atoms with van der Waals surface area (Å²) in [7, 11) is 0. The minimum atomic E-state index is -0.432. The van der Waals surface area contributed by atoms with E-state index in [0.717, 1.165) is 24.1 Å². The lowest BCUT2D eigenvalue weighted by atomic mass is 10.1. The molecule has 1 aliphatic heterocycles. The average molecular weight is 493 g/mol. The average Bonchev–Trinajstić information content (AvgIpc) is 3.52. The first-order valence-electron chi connectivity index (χ1n) is 12.0. The lowest BCUT2D eigenvalue weighted by molar-refractivity contribution is -0.127. The van der Waals surface area contributed by atoms with Gasteiger partial charge in [0.05, 0.1) is 6.54 Å². The standard InChI is InChI=1S/C27H29FN4O4/c1-19-5-9-21(10-6-19)27(35)32(15-3-14-31-13-2-4-25(31)33)18-23-16-24(30-36-23)26(34)29-17-20-7-11-22(28)12-8-20/h5-12,16H,2-4,13-15,17-18H2,1H3,(H,29,34). The highest BCUT2D eigenvalue weighted by molar-refractivity contribution is 5.94. The van der Waals surface area contributed by atoms with Crippen molar-refractivity contribution in [3.05, 3.63) is 88.6 Å². The molecule has 0 spiro atoms. The molecule has 0 bridgehead atoms. The van der Waals surface area contributed by atoms with Gasteiger partial charge in [-0.25, -0.2) is 4.39 Å². The number of halogens is 1. The van der Waals surface area contributed by atoms with Gasteiger partial charge >= 0.3 is 0 Å². The number of hydrogen-bond acceptors (Lipinski definition) is 5. The number of aromatic nitrogens is 1. The molecule has 188 valence electrons. The lowest BCUT2D eigenvalue weighted by Gasteiger charge is -2.23. The molecule has 4 rings (SSSR count). The molecule has 0 unspecified atom stereocenters. The number of aryl methyl sites for hydroxylation is 1. The summed E-state index contributed by atoms with van der Waals surface area (Å²) in [6, 6.07) is 14.7. The first kappa shape index (κ1) is 25.1. The first-order valence-corrected chi connectivity index (χ1v) is 12.0. The third-order valence-electron chi connectivity index (χ3n) is 6.12. The summed E-state index contributed by atoms with van der Waals surface area (Å²) in [4.78, 5) is 41.1. The molecule has 0 saturated carbocycles. The van der Waals surface area contributed by atoms with Crippen LogP contribution in [0.3, 0.4) is 0 Å². The molecule has 0 radical (unpaired) electrons. The summed E-state index contributed by atoms with van der Waals surface area (Å²) < 4.78 is 18.4. The Morgan fingerprint density at radius 1 is 1.14 bits per heavy atom. The van der Waals surface area contributed by atoms with Gasteiger partial charge in [0, 0.05) is 44.2 Å². The van der Waals surface area contributed by atoms with E-state index in [0.29, 0.717) is 37.3 Å². The predicted octanol–water partition coefficient (Wildman–Crippen LogP) is 3.71. The van der Waals surface area contributed by atoms with Gasteiger partial charge in [0.25, 0.3) is 11.8 Å². The van der Waals surface area contributed by atoms with Crippen LogP contribution in [0.5, 0.6) is 0 Å². The third-order valence-corrected chi connectivity index (χ3v) is 6.12. The Morgan fingerprint density at radius 3 is 2.58 bits per heavy atom. The van der Waals surface area contributed by atoms with Gasteiger partial charge in [-0.1, -0.05) is 35.0 Å². The van der Waals surface area contributed by atoms with Crippen molar-refractivity contribution in [1.29, 1.82) is 0 Å². The topological polar surface area (TPSA) is 95.8 Å². The van der Waals surface area contributed by atoms with Crippen LogP contribution in [-0.4, -0.2) is 52.3 Å². The van der Waals surface area contributed by atoms with Gasteiger partial charge < -0.3 is 19.6 Å². The van der Waals surface area contributed by atoms with Crippen molar-refractivity contribution in [2.45, 2.75) is 39.3 Å². The molecule has 2 aromatic carbocycles. The van der Waals surface area contributed by atoms with Crippen LogP contribution < -0.4 is 5.32 Å². The molecule has 1 N–H and O–H groups in total. The molecule has 9 heteroatoms. The Hall–Kier alpha value is -4.01. The van der Waals surface area contributed by atoms with Gasteiger partial charge in [-0.2, -0.15) is 0 Å². The van der Waals surface area contributed by atoms with Crippen molar-refractivity contribution in [2.24, 2.45) is 0 Å². The minimum Gasteiger partial charge on any atom is -0.359 e. The number of likely N-dealkylation sites (tertiary alicyclic amines) is 1. The van der Waals surface area contributed by atoms with Crippen molar-refractivity contribution < 1.29 is 23.3 Å². The number of carbonyl (C=O) groups is 3. The van der Waals surface area contributed by atoms with Crippen molar-refractivity contribution in [3.63, 3.8) is 0 Å². The number of nitrogens with one attached hydrogen (secondary N) is 1. The molecular weight excluding hydrogens is 463 g/mol. The van der Waals surface area contributed by atoms with E-state index < -0.39 is 5.91 Å². The quantitative estimate of drug-likeness (QED) is 0.466. The van der Waals surface area contributed by atoms with Crippen LogP contribution in [0, 0.1) is 12.7 Å². The van der Waals surface area contributed by atoms with Crippen LogP contribution in [0.25, 0.3) is 0 Å². The lowest BCUT2D eigenvalue weighted by Crippen LogP contribution is -2.34. The van der Waals surface area contributed by atoms with Crippen LogP contribution in [0.1, 0.15) is 57.0 Å². The second-order valence-electron chi connectivity index (χ2n) is 8.92. The van der Waals surface area contributed by atoms with E-state index in [-0.39, 0.29) is 36.4 Å². The Morgan fingerprint density at radius 2 is 1.89 bits per heavy atom. The van der Waals surface area contributed by atoms with Crippen LogP contribution >= 0.6 is 0 Å². The molecule has 1 aromatic heterocycles. The van der Waals surface area contributed by atoms with Crippen LogP contribution in [0.2, 0.25) is 0 Å². The molecular formula is C27H29FN4O4. The summed E-state index contributed by atoms with van der Waals surface area (Å²) in [6.07, 6.45) is 2.08. The SMILES string of the molecule is Cc1ccc(C(=O)N(CCCN2CCCC2=O)Cc2cc(C(=O)NCc3ccc(F)cc3)no2)cc1. The van der Waals surface area contributed by atoms with E-state index in [1.165, 1.54) is 18.2 Å². The molecule has 2 heterocycles. The normalized spacial score (nSPS) is 13.2. The van der Waals surface area contributed by atoms with Gasteiger partial charge in [0.1, 0.15) is 5.82 Å². The van der Waals surface area contributed by atoms with E-state index in [4.69, 9.17) is 4.52 Å². The van der Waals surface area contributed by atoms with E-state index in [9.17, 15) is 18.8 Å². The van der Waals surface area contributed by atoms with Crippen LogP contribution in [0.15, 0.2) is 59.1 Å². The predicted molar refractivity (Wildman–Crippen MR) is 130 cm³/mol. The van der Waals surface area contributed by atoms with Gasteiger partial charge in [0.15, 0.2) is 11.5 Å². The van der Waals surface area contributed by atoms with Crippen molar-refractivity contribution >= 4 is 17.7 Å². The largest absolute Gasteiger partial charge is 0.359 e. The molecule has 3 aromatic rings. The zero-order valence-electron chi connectivity index (χ0n) is 20.2. The monoisotopic (exact) mass is 492 g/mol. The fourth-order valence-electron chi connectivity index (χ4n) is 4.08. The molecule has 1 saturated heterocycles. The maximum Gasteiger partial charge on any atom is 0.273 e. The second kappa shape index (κ2) is 11.6. The Bertz CT molecular complexity index is 1210. The van der Waals surface area contributed by atoms with Gasteiger partial charge in [0.2, 0.25) is 5.91 Å². The molecule has 0 atom stereocenters. The zero-order valence-corrected chi connectivity index (χ0v) is 20.2. The molecule has 1 fully saturated rings. The van der Waals surface area contributed by atoms with Crippen LogP contribution in [-0.2, 0) is 17.9 Å². The van der Waals surface area contributed by atoms with Gasteiger partial charge in [-0.15, -0.1) is 0 Å². The number of hydrogen-bond donors (Lipinski definition) is 1. The maximum absolute atomic E-state index is 13.3. The number of carbonyl (C=O) groups excluding carboxylic acids is 3. The summed E-state index contributed by atoms with van der Waals surface area (Å²) >= 11 is 0. The Kier molecular flexibility index (Phi) is 8.10. The summed E-state index contributed by atoms with van der Waals surface area (Å²) in [5.74, 6) is -0.416. The molecule has 8 nitrogen and oxygen atoms in total. The zero-order chi connectivity index (χ0) is 25.5. The van der Waals surface area contributed by atoms with E-state index >= 15 is 0 Å². The first-order chi connectivity index (χ1) is 17.4. The number of nitrogens with zero attached hydrogens (tertiary/aromatic N) is 3. The van der Waals surface area contributed by atoms with Crippen LogP contribution in [0.4, 0.5) is 4.39 Å². The highest BCUT2D eigenvalue weighted by Crippen LogP contribution is 2.15. The van der Waals surface area contributed by atoms with Gasteiger partial charge in [-0.05, 0) is 49.6 Å². The highest BCUT2D eigenvalue weighted by atomic mass is 19.1. The molecule has 3 amide bonds. The van der Waals surface area contributed by atoms with Crippen molar-refractivity contribution in [1.82, 2.24) is 20.3 Å². The minimum absolute atomic E-state index is 0.0949. The second-order valence-corrected chi connectivity index (χ2v) is 8.92. The smallest absolute Gasteiger partial charge is 0.273 e. The highest BCUT2D eigenvalue weighted by Gasteiger charge is 2.22. The Labute approximate surface area is 209 Å². The number of amides is 3. The number of rotatable bonds is 10. The Balaban J connectivity index is 1.39. The van der Waals surface area contributed by atoms with Gasteiger partial charge in [-0.3, -0.25) is 14.4 Å². The van der Waals surface area contributed by atoms with E-state index in [1.54, 1.807) is 29.2 Å². The summed E-state index contributed by atoms with van der Waals surface area (Å²) in [5, 5.41) is 6.58. The molecule has 36 heavy (non-hydrogen) atoms. The number of benzene rings is 2.